The molecule has 1 aromatic carbocycles. The van der Waals surface area contributed by atoms with Gasteiger partial charge in [-0.2, -0.15) is 4.72 Å². The highest BCUT2D eigenvalue weighted by Gasteiger charge is 2.32. The van der Waals surface area contributed by atoms with Gasteiger partial charge in [0.15, 0.2) is 0 Å². The Morgan fingerprint density at radius 2 is 2.05 bits per heavy atom. The number of hydrogen-bond donors (Lipinski definition) is 3. The molecule has 1 aromatic rings. The van der Waals surface area contributed by atoms with Crippen molar-refractivity contribution in [2.75, 3.05) is 5.73 Å². The third-order valence-electron chi connectivity index (χ3n) is 2.88. The van der Waals surface area contributed by atoms with Crippen LogP contribution in [0.2, 0.25) is 0 Å². The second-order valence-corrected chi connectivity index (χ2v) is 6.97. The van der Waals surface area contributed by atoms with Gasteiger partial charge in [0.2, 0.25) is 21.8 Å². The van der Waals surface area contributed by atoms with E-state index < -0.39 is 38.6 Å². The number of amides is 2. The Kier molecular flexibility index (Phi) is 4.30. The normalized spacial score (nSPS) is 19.4. The van der Waals surface area contributed by atoms with Crippen molar-refractivity contribution in [1.29, 1.82) is 0 Å². The fraction of sp³-hybridized carbons (Fsp3) is 0.273. The van der Waals surface area contributed by atoms with Gasteiger partial charge in [-0.05, 0) is 34.5 Å². The molecule has 1 aliphatic heterocycles. The number of piperidine rings is 1. The molecule has 10 heteroatoms. The highest BCUT2D eigenvalue weighted by Crippen LogP contribution is 2.26. The Morgan fingerprint density at radius 1 is 1.38 bits per heavy atom. The second-order valence-electron chi connectivity index (χ2n) is 4.43. The molecule has 21 heavy (non-hydrogen) atoms. The van der Waals surface area contributed by atoms with Crippen molar-refractivity contribution in [2.45, 2.75) is 23.8 Å². The fourth-order valence-electron chi connectivity index (χ4n) is 1.81. The number of nitrogens with two attached hydrogens (primary N) is 1. The van der Waals surface area contributed by atoms with E-state index in [4.69, 9.17) is 5.73 Å². The molecule has 0 bridgehead atoms. The van der Waals surface area contributed by atoms with E-state index in [0.717, 1.165) is 12.1 Å². The molecule has 114 valence electrons. The summed E-state index contributed by atoms with van der Waals surface area (Å²) in [7, 11) is -4.28. The van der Waals surface area contributed by atoms with Gasteiger partial charge in [0.25, 0.3) is 0 Å². The van der Waals surface area contributed by atoms with Crippen molar-refractivity contribution in [3.8, 4) is 0 Å². The fourth-order valence-corrected chi connectivity index (χ4v) is 3.45. The molecule has 1 atom stereocenters. The highest BCUT2D eigenvalue weighted by atomic mass is 79.9. The van der Waals surface area contributed by atoms with E-state index in [1.165, 1.54) is 0 Å². The summed E-state index contributed by atoms with van der Waals surface area (Å²) in [6, 6.07) is 0.749. The quantitative estimate of drug-likeness (QED) is 0.513. The lowest BCUT2D eigenvalue weighted by molar-refractivity contribution is -0.134. The molecule has 7 nitrogen and oxygen atoms in total. The third-order valence-corrected chi connectivity index (χ3v) is 5.05. The number of nitrogens with one attached hydrogen (secondary N) is 2. The van der Waals surface area contributed by atoms with Crippen LogP contribution < -0.4 is 15.8 Å². The Balaban J connectivity index is 2.29. The first-order chi connectivity index (χ1) is 9.70. The van der Waals surface area contributed by atoms with Crippen molar-refractivity contribution >= 4 is 43.5 Å². The summed E-state index contributed by atoms with van der Waals surface area (Å²) in [5.74, 6) is -2.24. The van der Waals surface area contributed by atoms with Crippen LogP contribution in [0.25, 0.3) is 0 Å². The number of benzene rings is 1. The number of nitrogen functional groups attached to an aromatic ring is 1. The largest absolute Gasteiger partial charge is 0.398 e. The Hall–Kier alpha value is -1.52. The van der Waals surface area contributed by atoms with Crippen molar-refractivity contribution in [3.63, 3.8) is 0 Å². The molecule has 0 aliphatic carbocycles. The van der Waals surface area contributed by atoms with E-state index in [1.54, 1.807) is 0 Å². The smallest absolute Gasteiger partial charge is 0.244 e. The topological polar surface area (TPSA) is 118 Å². The molecular weight excluding hydrogens is 369 g/mol. The minimum atomic E-state index is -4.28. The molecule has 2 rings (SSSR count). The summed E-state index contributed by atoms with van der Waals surface area (Å²) < 4.78 is 40.3. The molecule has 0 spiro atoms. The lowest BCUT2D eigenvalue weighted by atomic mass is 10.1. The zero-order valence-electron chi connectivity index (χ0n) is 10.5. The summed E-state index contributed by atoms with van der Waals surface area (Å²) >= 11 is 2.98. The van der Waals surface area contributed by atoms with Gasteiger partial charge in [-0.15, -0.1) is 0 Å². The molecule has 0 aromatic heterocycles. The summed E-state index contributed by atoms with van der Waals surface area (Å²) in [6.45, 7) is 0. The van der Waals surface area contributed by atoms with Gasteiger partial charge in [-0.3, -0.25) is 14.9 Å². The molecule has 1 saturated heterocycles. The molecular formula is C11H11BrFN3O4S. The average Bonchev–Trinajstić information content (AvgIpc) is 2.37. The van der Waals surface area contributed by atoms with Gasteiger partial charge in [0, 0.05) is 16.6 Å². The van der Waals surface area contributed by atoms with E-state index in [2.05, 4.69) is 20.7 Å². The number of halogens is 2. The predicted octanol–water partition coefficient (Wildman–Crippen LogP) is 0.254. The van der Waals surface area contributed by atoms with E-state index in [0.29, 0.717) is 0 Å². The minimum Gasteiger partial charge on any atom is -0.398 e. The molecule has 0 saturated carbocycles. The lowest BCUT2D eigenvalue weighted by Gasteiger charge is -2.21. The zero-order chi connectivity index (χ0) is 15.8. The number of carbonyl (C=O) groups is 2. The van der Waals surface area contributed by atoms with E-state index in [1.807, 2.05) is 5.32 Å². The van der Waals surface area contributed by atoms with E-state index in [-0.39, 0.29) is 23.0 Å². The number of carbonyl (C=O) groups excluding carboxylic acids is 2. The SMILES string of the molecule is Nc1cc(S(=O)(=O)NC2CCC(=O)NC2=O)c(F)cc1Br. The van der Waals surface area contributed by atoms with Gasteiger partial charge >= 0.3 is 0 Å². The van der Waals surface area contributed by atoms with Gasteiger partial charge in [0.05, 0.1) is 0 Å². The van der Waals surface area contributed by atoms with Crippen LogP contribution in [-0.4, -0.2) is 26.3 Å². The summed E-state index contributed by atoms with van der Waals surface area (Å²) in [5, 5.41) is 2.01. The van der Waals surface area contributed by atoms with Crippen molar-refractivity contribution in [3.05, 3.63) is 22.4 Å². The molecule has 4 N–H and O–H groups in total. The summed E-state index contributed by atoms with van der Waals surface area (Å²) in [5.41, 5.74) is 5.58. The minimum absolute atomic E-state index is 0.00385. The van der Waals surface area contributed by atoms with Crippen molar-refractivity contribution in [2.24, 2.45) is 0 Å². The summed E-state index contributed by atoms with van der Waals surface area (Å²) in [6.07, 6.45) is 0.0153. The predicted molar refractivity (Wildman–Crippen MR) is 75.0 cm³/mol. The average molecular weight is 380 g/mol. The maximum absolute atomic E-state index is 13.8. The number of sulfonamides is 1. The van der Waals surface area contributed by atoms with Crippen LogP contribution in [0, 0.1) is 5.82 Å². The Morgan fingerprint density at radius 3 is 2.67 bits per heavy atom. The lowest BCUT2D eigenvalue weighted by Crippen LogP contribution is -2.52. The van der Waals surface area contributed by atoms with Gasteiger partial charge < -0.3 is 5.73 Å². The van der Waals surface area contributed by atoms with Gasteiger partial charge in [-0.1, -0.05) is 0 Å². The number of rotatable bonds is 3. The zero-order valence-corrected chi connectivity index (χ0v) is 12.9. The van der Waals surface area contributed by atoms with Crippen LogP contribution in [-0.2, 0) is 19.6 Å². The number of hydrogen-bond acceptors (Lipinski definition) is 5. The second kappa shape index (κ2) is 5.70. The molecule has 0 radical (unpaired) electrons. The first kappa shape index (κ1) is 15.9. The molecule has 1 heterocycles. The molecule has 1 unspecified atom stereocenters. The first-order valence-electron chi connectivity index (χ1n) is 5.81. The van der Waals surface area contributed by atoms with Crippen molar-refractivity contribution in [1.82, 2.24) is 10.0 Å². The highest BCUT2D eigenvalue weighted by molar-refractivity contribution is 9.10. The van der Waals surface area contributed by atoms with E-state index in [9.17, 15) is 22.4 Å². The standard InChI is InChI=1S/C11H11BrFN3O4S/c12-5-3-6(13)9(4-7(5)14)21(19,20)16-8-1-2-10(17)15-11(8)18/h3-4,8,16H,1-2,14H2,(H,15,17,18). The maximum Gasteiger partial charge on any atom is 0.244 e. The van der Waals surface area contributed by atoms with Crippen LogP contribution in [0.1, 0.15) is 12.8 Å². The maximum atomic E-state index is 13.8. The Labute approximate surface area is 128 Å². The molecule has 1 aliphatic rings. The van der Waals surface area contributed by atoms with Gasteiger partial charge in [0.1, 0.15) is 16.8 Å². The van der Waals surface area contributed by atoms with Crippen molar-refractivity contribution < 1.29 is 22.4 Å². The van der Waals surface area contributed by atoms with Crippen LogP contribution in [0.15, 0.2) is 21.5 Å². The third kappa shape index (κ3) is 3.39. The monoisotopic (exact) mass is 379 g/mol. The number of imide groups is 1. The number of anilines is 1. The first-order valence-corrected chi connectivity index (χ1v) is 8.09. The van der Waals surface area contributed by atoms with Crippen LogP contribution in [0.3, 0.4) is 0 Å². The summed E-state index contributed by atoms with van der Waals surface area (Å²) in [4.78, 5) is 21.9. The van der Waals surface area contributed by atoms with Gasteiger partial charge in [-0.25, -0.2) is 12.8 Å². The Bertz CT molecular complexity index is 722. The van der Waals surface area contributed by atoms with E-state index >= 15 is 0 Å². The van der Waals surface area contributed by atoms with Crippen LogP contribution >= 0.6 is 15.9 Å². The van der Waals surface area contributed by atoms with Crippen LogP contribution in [0.4, 0.5) is 10.1 Å². The molecule has 1 fully saturated rings. The van der Waals surface area contributed by atoms with Crippen LogP contribution in [0.5, 0.6) is 0 Å². The molecule has 2 amide bonds.